The summed E-state index contributed by atoms with van der Waals surface area (Å²) in [6.07, 6.45) is 0. The molecule has 7 heteroatoms. The highest BCUT2D eigenvalue weighted by atomic mass is 35.5. The molecule has 1 atom stereocenters. The summed E-state index contributed by atoms with van der Waals surface area (Å²) in [6.45, 7) is 3.73. The summed E-state index contributed by atoms with van der Waals surface area (Å²) in [7, 11) is 0. The average Bonchev–Trinajstić information content (AvgIpc) is 2.59. The SMILES string of the molecule is CCN1C(=O)C(C)(C(=O)Nc2ccc(Cl)c(Cl)c2)Oc2ccccc21. The van der Waals surface area contributed by atoms with Crippen molar-refractivity contribution < 1.29 is 14.3 Å². The lowest BCUT2D eigenvalue weighted by Gasteiger charge is -2.39. The first-order valence-corrected chi connectivity index (χ1v) is 8.49. The topological polar surface area (TPSA) is 58.6 Å². The van der Waals surface area contributed by atoms with Crippen LogP contribution in [0.1, 0.15) is 13.8 Å². The molecule has 0 radical (unpaired) electrons. The van der Waals surface area contributed by atoms with Crippen LogP contribution in [0, 0.1) is 0 Å². The molecule has 25 heavy (non-hydrogen) atoms. The molecule has 2 aromatic rings. The maximum absolute atomic E-state index is 12.9. The number of nitrogens with zero attached hydrogens (tertiary/aromatic N) is 1. The smallest absolute Gasteiger partial charge is 0.280 e. The highest BCUT2D eigenvalue weighted by Crippen LogP contribution is 2.38. The Bertz CT molecular complexity index is 856. The van der Waals surface area contributed by atoms with Gasteiger partial charge in [0.15, 0.2) is 0 Å². The van der Waals surface area contributed by atoms with Gasteiger partial charge in [-0.05, 0) is 44.2 Å². The van der Waals surface area contributed by atoms with Gasteiger partial charge in [-0.1, -0.05) is 35.3 Å². The van der Waals surface area contributed by atoms with E-state index in [0.29, 0.717) is 33.7 Å². The van der Waals surface area contributed by atoms with Crippen LogP contribution in [0.2, 0.25) is 10.0 Å². The molecule has 2 amide bonds. The predicted molar refractivity (Wildman–Crippen MR) is 98.6 cm³/mol. The van der Waals surface area contributed by atoms with Crippen LogP contribution in [-0.4, -0.2) is 24.0 Å². The van der Waals surface area contributed by atoms with Gasteiger partial charge in [-0.25, -0.2) is 0 Å². The molecule has 1 unspecified atom stereocenters. The van der Waals surface area contributed by atoms with Crippen LogP contribution in [0.25, 0.3) is 0 Å². The Hall–Kier alpha value is -2.24. The molecule has 1 aliphatic heterocycles. The molecule has 5 nitrogen and oxygen atoms in total. The van der Waals surface area contributed by atoms with Crippen molar-refractivity contribution in [2.75, 3.05) is 16.8 Å². The number of carbonyl (C=O) groups excluding carboxylic acids is 2. The minimum Gasteiger partial charge on any atom is -0.465 e. The Balaban J connectivity index is 1.93. The second-order valence-corrected chi connectivity index (χ2v) is 6.55. The van der Waals surface area contributed by atoms with Crippen LogP contribution in [0.15, 0.2) is 42.5 Å². The van der Waals surface area contributed by atoms with Gasteiger partial charge in [-0.3, -0.25) is 9.59 Å². The zero-order valence-corrected chi connectivity index (χ0v) is 15.2. The number of rotatable bonds is 3. The molecule has 1 aliphatic rings. The number of fused-ring (bicyclic) bond motifs is 1. The van der Waals surface area contributed by atoms with Crippen molar-refractivity contribution in [1.82, 2.24) is 0 Å². The zero-order chi connectivity index (χ0) is 18.2. The molecule has 0 aromatic heterocycles. The largest absolute Gasteiger partial charge is 0.465 e. The monoisotopic (exact) mass is 378 g/mol. The third-order valence-corrected chi connectivity index (χ3v) is 4.79. The fourth-order valence-electron chi connectivity index (χ4n) is 2.68. The molecule has 0 saturated carbocycles. The first kappa shape index (κ1) is 17.6. The van der Waals surface area contributed by atoms with Gasteiger partial charge in [0.25, 0.3) is 17.4 Å². The van der Waals surface area contributed by atoms with E-state index in [1.54, 1.807) is 30.3 Å². The molecule has 130 valence electrons. The van der Waals surface area contributed by atoms with Crippen molar-refractivity contribution in [3.8, 4) is 5.75 Å². The maximum atomic E-state index is 12.9. The fraction of sp³-hybridized carbons (Fsp3) is 0.222. The van der Waals surface area contributed by atoms with Crippen molar-refractivity contribution in [2.24, 2.45) is 0 Å². The summed E-state index contributed by atoms with van der Waals surface area (Å²) in [6, 6.07) is 11.8. The lowest BCUT2D eigenvalue weighted by molar-refractivity contribution is -0.145. The number of amides is 2. The zero-order valence-electron chi connectivity index (χ0n) is 13.7. The van der Waals surface area contributed by atoms with E-state index in [1.165, 1.54) is 17.9 Å². The van der Waals surface area contributed by atoms with Crippen molar-refractivity contribution in [3.63, 3.8) is 0 Å². The summed E-state index contributed by atoms with van der Waals surface area (Å²) in [5.41, 5.74) is -0.607. The summed E-state index contributed by atoms with van der Waals surface area (Å²) in [5, 5.41) is 3.35. The van der Waals surface area contributed by atoms with Crippen LogP contribution >= 0.6 is 23.2 Å². The number of ether oxygens (including phenoxy) is 1. The molecule has 3 rings (SSSR count). The number of carbonyl (C=O) groups is 2. The van der Waals surface area contributed by atoms with Gasteiger partial charge >= 0.3 is 0 Å². The Labute approximate surface area is 155 Å². The Morgan fingerprint density at radius 3 is 2.60 bits per heavy atom. The van der Waals surface area contributed by atoms with Gasteiger partial charge in [-0.2, -0.15) is 0 Å². The number of likely N-dealkylation sites (N-methyl/N-ethyl adjacent to an activating group) is 1. The molecule has 2 aromatic carbocycles. The number of nitrogens with one attached hydrogen (secondary N) is 1. The third-order valence-electron chi connectivity index (χ3n) is 4.05. The van der Waals surface area contributed by atoms with Gasteiger partial charge in [0.1, 0.15) is 5.75 Å². The number of anilines is 2. The molecular formula is C18H16Cl2N2O3. The Morgan fingerprint density at radius 2 is 1.92 bits per heavy atom. The maximum Gasteiger partial charge on any atom is 0.280 e. The highest BCUT2D eigenvalue weighted by Gasteiger charge is 2.50. The fourth-order valence-corrected chi connectivity index (χ4v) is 2.98. The van der Waals surface area contributed by atoms with E-state index < -0.39 is 17.4 Å². The molecule has 0 spiro atoms. The lowest BCUT2D eigenvalue weighted by atomic mass is 9.99. The van der Waals surface area contributed by atoms with Gasteiger partial charge in [0.05, 0.1) is 15.7 Å². The van der Waals surface area contributed by atoms with Crippen molar-refractivity contribution >= 4 is 46.4 Å². The number of para-hydroxylation sites is 2. The minimum atomic E-state index is -1.68. The second kappa shape index (κ2) is 6.58. The summed E-state index contributed by atoms with van der Waals surface area (Å²) >= 11 is 11.8. The van der Waals surface area contributed by atoms with Crippen molar-refractivity contribution in [2.45, 2.75) is 19.4 Å². The summed E-state index contributed by atoms with van der Waals surface area (Å²) < 4.78 is 5.79. The number of halogens is 2. The van der Waals surface area contributed by atoms with Gasteiger partial charge < -0.3 is 15.0 Å². The molecule has 1 heterocycles. The van der Waals surface area contributed by atoms with E-state index in [1.807, 2.05) is 13.0 Å². The van der Waals surface area contributed by atoms with Crippen molar-refractivity contribution in [3.05, 3.63) is 52.5 Å². The first-order chi connectivity index (χ1) is 11.9. The second-order valence-electron chi connectivity index (χ2n) is 5.74. The molecule has 0 aliphatic carbocycles. The van der Waals surface area contributed by atoms with Crippen LogP contribution in [0.3, 0.4) is 0 Å². The van der Waals surface area contributed by atoms with E-state index in [2.05, 4.69) is 5.32 Å². The average molecular weight is 379 g/mol. The van der Waals surface area contributed by atoms with Gasteiger partial charge in [-0.15, -0.1) is 0 Å². The van der Waals surface area contributed by atoms with Crippen molar-refractivity contribution in [1.29, 1.82) is 0 Å². The lowest BCUT2D eigenvalue weighted by Crippen LogP contribution is -2.60. The number of hydrogen-bond donors (Lipinski definition) is 1. The molecule has 1 N–H and O–H groups in total. The van der Waals surface area contributed by atoms with Gasteiger partial charge in [0, 0.05) is 12.2 Å². The minimum absolute atomic E-state index is 0.307. The highest BCUT2D eigenvalue weighted by molar-refractivity contribution is 6.42. The van der Waals surface area contributed by atoms with E-state index in [4.69, 9.17) is 27.9 Å². The summed E-state index contributed by atoms with van der Waals surface area (Å²) in [5.74, 6) is -0.522. The predicted octanol–water partition coefficient (Wildman–Crippen LogP) is 4.14. The van der Waals surface area contributed by atoms with Crippen LogP contribution in [0.5, 0.6) is 5.75 Å². The van der Waals surface area contributed by atoms with Crippen LogP contribution in [0.4, 0.5) is 11.4 Å². The van der Waals surface area contributed by atoms with Crippen LogP contribution in [-0.2, 0) is 9.59 Å². The summed E-state index contributed by atoms with van der Waals surface area (Å²) in [4.78, 5) is 27.2. The normalized spacial score (nSPS) is 19.2. The first-order valence-electron chi connectivity index (χ1n) is 7.73. The Kier molecular flexibility index (Phi) is 4.62. The van der Waals surface area contributed by atoms with Gasteiger partial charge in [0.2, 0.25) is 0 Å². The van der Waals surface area contributed by atoms with E-state index >= 15 is 0 Å². The standard InChI is InChI=1S/C18H16Cl2N2O3/c1-3-22-14-6-4-5-7-15(14)25-18(2,17(22)24)16(23)21-11-8-9-12(19)13(20)10-11/h4-10H,3H2,1-2H3,(H,21,23). The number of hydrogen-bond acceptors (Lipinski definition) is 3. The van der Waals surface area contributed by atoms with E-state index in [-0.39, 0.29) is 0 Å². The molecule has 0 saturated heterocycles. The molecule has 0 fully saturated rings. The van der Waals surface area contributed by atoms with Crippen LogP contribution < -0.4 is 15.0 Å². The molecular weight excluding hydrogens is 363 g/mol. The molecule has 0 bridgehead atoms. The third kappa shape index (κ3) is 3.05. The number of benzene rings is 2. The van der Waals surface area contributed by atoms with E-state index in [9.17, 15) is 9.59 Å². The quantitative estimate of drug-likeness (QED) is 0.816. The van der Waals surface area contributed by atoms with E-state index in [0.717, 1.165) is 0 Å². The Morgan fingerprint density at radius 1 is 1.20 bits per heavy atom.